The van der Waals surface area contributed by atoms with Gasteiger partial charge in [0.25, 0.3) is 5.91 Å². The van der Waals surface area contributed by atoms with Crippen molar-refractivity contribution in [2.75, 3.05) is 40.9 Å². The molecule has 3 atom stereocenters. The third kappa shape index (κ3) is 7.38. The number of ether oxygens (including phenoxy) is 2. The Morgan fingerprint density at radius 3 is 2.43 bits per heavy atom. The Morgan fingerprint density at radius 2 is 1.83 bits per heavy atom. The Bertz CT molecular complexity index is 814. The molecular formula is C26H41FN4O4. The molecule has 1 saturated carbocycles. The zero-order chi connectivity index (χ0) is 25.4. The lowest BCUT2D eigenvalue weighted by molar-refractivity contribution is -0.142. The number of hydrogen-bond acceptors (Lipinski definition) is 5. The molecule has 35 heavy (non-hydrogen) atoms. The van der Waals surface area contributed by atoms with Crippen LogP contribution in [0, 0.1) is 5.82 Å². The fraction of sp³-hybridized carbons (Fsp3) is 0.692. The number of carbonyl (C=O) groups is 2. The van der Waals surface area contributed by atoms with E-state index in [0.717, 1.165) is 38.5 Å². The van der Waals surface area contributed by atoms with Gasteiger partial charge in [0.2, 0.25) is 0 Å². The van der Waals surface area contributed by atoms with Crippen LogP contribution < -0.4 is 10.6 Å². The summed E-state index contributed by atoms with van der Waals surface area (Å²) in [5.74, 6) is -0.00923. The standard InChI is InChI=1S/C26H41FN4O4/c1-5-28-26(33)31-16-6-7-22(29-24(32)25(34-4)30(2)3)23(31)17-35-21-14-10-19(11-15-21)18-8-12-20(27)13-9-18/h8-9,12-13,19,21-23,25H,5-7,10-11,14-17H2,1-4H3,(H,28,33)(H,29,32). The number of nitrogens with one attached hydrogen (secondary N) is 2. The van der Waals surface area contributed by atoms with Gasteiger partial charge in [0.15, 0.2) is 6.23 Å². The molecule has 0 bridgehead atoms. The van der Waals surface area contributed by atoms with Crippen molar-refractivity contribution >= 4 is 11.9 Å². The molecule has 1 heterocycles. The average Bonchev–Trinajstić information content (AvgIpc) is 2.84. The largest absolute Gasteiger partial charge is 0.376 e. The number of methoxy groups -OCH3 is 1. The smallest absolute Gasteiger partial charge is 0.317 e. The fourth-order valence-electron chi connectivity index (χ4n) is 5.28. The van der Waals surface area contributed by atoms with Crippen molar-refractivity contribution in [1.29, 1.82) is 0 Å². The molecule has 2 N–H and O–H groups in total. The van der Waals surface area contributed by atoms with Crippen LogP contribution in [0.1, 0.15) is 56.9 Å². The molecule has 196 valence electrons. The maximum absolute atomic E-state index is 13.3. The number of likely N-dealkylation sites (tertiary alicyclic amines) is 1. The van der Waals surface area contributed by atoms with E-state index in [1.807, 2.05) is 19.1 Å². The Balaban J connectivity index is 1.62. The molecule has 3 unspecified atom stereocenters. The highest BCUT2D eigenvalue weighted by atomic mass is 19.1. The summed E-state index contributed by atoms with van der Waals surface area (Å²) in [6.07, 6.45) is 4.79. The monoisotopic (exact) mass is 492 g/mol. The molecule has 1 saturated heterocycles. The van der Waals surface area contributed by atoms with E-state index in [0.29, 0.717) is 25.6 Å². The molecule has 9 heteroatoms. The second-order valence-electron chi connectivity index (χ2n) is 9.76. The van der Waals surface area contributed by atoms with E-state index >= 15 is 0 Å². The first-order valence-electron chi connectivity index (χ1n) is 12.7. The molecule has 1 aromatic rings. The third-order valence-electron chi connectivity index (χ3n) is 7.13. The van der Waals surface area contributed by atoms with Crippen LogP contribution in [0.4, 0.5) is 9.18 Å². The molecule has 1 aliphatic carbocycles. The fourth-order valence-corrected chi connectivity index (χ4v) is 5.28. The van der Waals surface area contributed by atoms with Crippen LogP contribution in [0.15, 0.2) is 24.3 Å². The Kier molecular flexibility index (Phi) is 10.3. The van der Waals surface area contributed by atoms with Gasteiger partial charge in [0, 0.05) is 20.2 Å². The highest BCUT2D eigenvalue weighted by molar-refractivity contribution is 5.81. The molecule has 8 nitrogen and oxygen atoms in total. The van der Waals surface area contributed by atoms with Gasteiger partial charge in [-0.3, -0.25) is 9.69 Å². The average molecular weight is 493 g/mol. The molecule has 2 aliphatic rings. The molecule has 0 radical (unpaired) electrons. The van der Waals surface area contributed by atoms with Crippen molar-refractivity contribution in [2.24, 2.45) is 0 Å². The maximum Gasteiger partial charge on any atom is 0.317 e. The van der Waals surface area contributed by atoms with Crippen molar-refractivity contribution in [3.05, 3.63) is 35.6 Å². The summed E-state index contributed by atoms with van der Waals surface area (Å²) in [6.45, 7) is 3.44. The number of piperidine rings is 1. The first-order chi connectivity index (χ1) is 16.8. The van der Waals surface area contributed by atoms with E-state index in [9.17, 15) is 14.0 Å². The van der Waals surface area contributed by atoms with Gasteiger partial charge in [0.05, 0.1) is 24.8 Å². The molecule has 2 fully saturated rings. The van der Waals surface area contributed by atoms with Gasteiger partial charge < -0.3 is 25.0 Å². The SMILES string of the molecule is CCNC(=O)N1CCCC(NC(=O)C(OC)N(C)C)C1COC1CCC(c2ccc(F)cc2)CC1. The van der Waals surface area contributed by atoms with Crippen molar-refractivity contribution < 1.29 is 23.5 Å². The molecule has 1 aromatic carbocycles. The minimum Gasteiger partial charge on any atom is -0.376 e. The van der Waals surface area contributed by atoms with Crippen LogP contribution in [0.5, 0.6) is 0 Å². The van der Waals surface area contributed by atoms with Gasteiger partial charge in [-0.25, -0.2) is 9.18 Å². The summed E-state index contributed by atoms with van der Waals surface area (Å²) < 4.78 is 25.0. The lowest BCUT2D eigenvalue weighted by Crippen LogP contribution is -2.62. The van der Waals surface area contributed by atoms with Gasteiger partial charge in [-0.1, -0.05) is 12.1 Å². The summed E-state index contributed by atoms with van der Waals surface area (Å²) in [6, 6.07) is 6.20. The first-order valence-corrected chi connectivity index (χ1v) is 12.7. The number of urea groups is 1. The zero-order valence-electron chi connectivity index (χ0n) is 21.5. The highest BCUT2D eigenvalue weighted by Gasteiger charge is 2.37. The predicted octanol–water partition coefficient (Wildman–Crippen LogP) is 3.08. The summed E-state index contributed by atoms with van der Waals surface area (Å²) >= 11 is 0. The van der Waals surface area contributed by atoms with Crippen LogP contribution >= 0.6 is 0 Å². The zero-order valence-corrected chi connectivity index (χ0v) is 21.5. The van der Waals surface area contributed by atoms with Crippen LogP contribution in [0.25, 0.3) is 0 Å². The predicted molar refractivity (Wildman–Crippen MR) is 133 cm³/mol. The van der Waals surface area contributed by atoms with Crippen LogP contribution in [0.2, 0.25) is 0 Å². The van der Waals surface area contributed by atoms with Crippen molar-refractivity contribution in [2.45, 2.75) is 75.8 Å². The summed E-state index contributed by atoms with van der Waals surface area (Å²) in [5.41, 5.74) is 1.18. The van der Waals surface area contributed by atoms with Gasteiger partial charge in [-0.05, 0) is 83.2 Å². The van der Waals surface area contributed by atoms with Crippen molar-refractivity contribution in [3.63, 3.8) is 0 Å². The molecule has 0 aromatic heterocycles. The normalized spacial score (nSPS) is 25.8. The second kappa shape index (κ2) is 13.2. The molecule has 1 aliphatic heterocycles. The van der Waals surface area contributed by atoms with E-state index in [-0.39, 0.29) is 35.9 Å². The number of carbonyl (C=O) groups excluding carboxylic acids is 2. The summed E-state index contributed by atoms with van der Waals surface area (Å²) in [5, 5.41) is 6.01. The summed E-state index contributed by atoms with van der Waals surface area (Å²) in [4.78, 5) is 29.2. The van der Waals surface area contributed by atoms with Gasteiger partial charge in [-0.2, -0.15) is 0 Å². The molecular weight excluding hydrogens is 451 g/mol. The van der Waals surface area contributed by atoms with E-state index in [1.165, 1.54) is 24.8 Å². The number of benzene rings is 1. The summed E-state index contributed by atoms with van der Waals surface area (Å²) in [7, 11) is 5.09. The minimum atomic E-state index is -0.696. The number of halogens is 1. The molecule has 3 rings (SSSR count). The first kappa shape index (κ1) is 27.4. The van der Waals surface area contributed by atoms with E-state index in [2.05, 4.69) is 10.6 Å². The van der Waals surface area contributed by atoms with Gasteiger partial charge >= 0.3 is 6.03 Å². The lowest BCUT2D eigenvalue weighted by Gasteiger charge is -2.42. The quantitative estimate of drug-likeness (QED) is 0.518. The number of amides is 3. The van der Waals surface area contributed by atoms with Crippen LogP contribution in [0.3, 0.4) is 0 Å². The maximum atomic E-state index is 13.3. The minimum absolute atomic E-state index is 0.106. The van der Waals surface area contributed by atoms with Crippen molar-refractivity contribution in [1.82, 2.24) is 20.4 Å². The van der Waals surface area contributed by atoms with Crippen LogP contribution in [-0.4, -0.2) is 87.1 Å². The van der Waals surface area contributed by atoms with Crippen molar-refractivity contribution in [3.8, 4) is 0 Å². The highest BCUT2D eigenvalue weighted by Crippen LogP contribution is 2.34. The van der Waals surface area contributed by atoms with Gasteiger partial charge in [0.1, 0.15) is 5.82 Å². The third-order valence-corrected chi connectivity index (χ3v) is 7.13. The topological polar surface area (TPSA) is 83.1 Å². The number of rotatable bonds is 9. The van der Waals surface area contributed by atoms with E-state index < -0.39 is 6.23 Å². The van der Waals surface area contributed by atoms with E-state index in [1.54, 1.807) is 23.9 Å². The van der Waals surface area contributed by atoms with E-state index in [4.69, 9.17) is 9.47 Å². The Hall–Kier alpha value is -2.23. The molecule has 0 spiro atoms. The number of hydrogen-bond donors (Lipinski definition) is 2. The Labute approximate surface area is 208 Å². The number of likely N-dealkylation sites (N-methyl/N-ethyl adjacent to an activating group) is 1. The Morgan fingerprint density at radius 1 is 1.14 bits per heavy atom. The lowest BCUT2D eigenvalue weighted by atomic mass is 9.82. The van der Waals surface area contributed by atoms with Gasteiger partial charge in [-0.15, -0.1) is 0 Å². The molecule has 3 amide bonds. The van der Waals surface area contributed by atoms with Crippen LogP contribution in [-0.2, 0) is 14.3 Å². The second-order valence-corrected chi connectivity index (χ2v) is 9.76. The number of nitrogens with zero attached hydrogens (tertiary/aromatic N) is 2.